The summed E-state index contributed by atoms with van der Waals surface area (Å²) in [4.78, 5) is 11.7. The normalized spacial score (nSPS) is 48.2. The maximum Gasteiger partial charge on any atom is 0.306 e. The van der Waals surface area contributed by atoms with Crippen LogP contribution in [0.4, 0.5) is 0 Å². The lowest BCUT2D eigenvalue weighted by molar-refractivity contribution is -0.182. The summed E-state index contributed by atoms with van der Waals surface area (Å²) >= 11 is 13.1. The maximum absolute atomic E-state index is 11.7. The van der Waals surface area contributed by atoms with E-state index in [9.17, 15) is 9.90 Å². The molecule has 0 radical (unpaired) electrons. The molecule has 4 aliphatic carbocycles. The van der Waals surface area contributed by atoms with E-state index in [2.05, 4.69) is 0 Å². The summed E-state index contributed by atoms with van der Waals surface area (Å²) < 4.78 is 3.54. The predicted molar refractivity (Wildman–Crippen MR) is 68.5 cm³/mol. The Kier molecular flexibility index (Phi) is 2.73. The zero-order chi connectivity index (χ0) is 13.2. The number of aliphatic hydroxyl groups is 1. The summed E-state index contributed by atoms with van der Waals surface area (Å²) in [7, 11) is 1.38. The molecule has 4 bridgehead atoms. The van der Waals surface area contributed by atoms with Gasteiger partial charge in [0.15, 0.2) is 4.33 Å². The highest BCUT2D eigenvalue weighted by Gasteiger charge is 2.71. The fourth-order valence-electron chi connectivity index (χ4n) is 4.79. The average molecular weight is 293 g/mol. The molecule has 0 aromatic carbocycles. The summed E-state index contributed by atoms with van der Waals surface area (Å²) in [5, 5.41) is 10.8. The summed E-state index contributed by atoms with van der Waals surface area (Å²) in [6.07, 6.45) is 4.33. The standard InChI is InChI=1S/C13H18Cl2O3/c1-18-10(16)7-11-3-8-2-9(4-11)6-12(17,5-8)13(11,14)15/h8-9,17H,2-7H2,1H3. The zero-order valence-corrected chi connectivity index (χ0v) is 11.9. The largest absolute Gasteiger partial charge is 0.469 e. The highest BCUT2D eigenvalue weighted by molar-refractivity contribution is 6.50. The molecule has 5 heteroatoms. The SMILES string of the molecule is COC(=O)CC12CC3CC(CC(O)(C3)C1(Cl)Cl)C2. The number of esters is 1. The van der Waals surface area contributed by atoms with E-state index in [1.54, 1.807) is 0 Å². The third kappa shape index (κ3) is 1.50. The lowest BCUT2D eigenvalue weighted by Crippen LogP contribution is -2.69. The molecule has 0 aromatic rings. The molecule has 0 spiro atoms. The first-order valence-corrected chi connectivity index (χ1v) is 7.24. The number of hydrogen-bond acceptors (Lipinski definition) is 3. The molecular weight excluding hydrogens is 275 g/mol. The van der Waals surface area contributed by atoms with E-state index in [0.29, 0.717) is 24.7 Å². The van der Waals surface area contributed by atoms with E-state index in [-0.39, 0.29) is 12.4 Å². The number of halogens is 2. The number of methoxy groups -OCH3 is 1. The molecule has 0 amide bonds. The Morgan fingerprint density at radius 1 is 1.28 bits per heavy atom. The number of ether oxygens (including phenoxy) is 1. The number of rotatable bonds is 2. The van der Waals surface area contributed by atoms with Crippen LogP contribution in [0.1, 0.15) is 38.5 Å². The second kappa shape index (κ2) is 3.77. The quantitative estimate of drug-likeness (QED) is 0.629. The molecule has 4 fully saturated rings. The number of hydrogen-bond donors (Lipinski definition) is 1. The smallest absolute Gasteiger partial charge is 0.306 e. The third-order valence-electron chi connectivity index (χ3n) is 5.24. The number of alkyl halides is 2. The van der Waals surface area contributed by atoms with Crippen LogP contribution in [0.15, 0.2) is 0 Å². The molecule has 1 N–H and O–H groups in total. The van der Waals surface area contributed by atoms with Crippen molar-refractivity contribution in [1.82, 2.24) is 0 Å². The molecule has 0 aromatic heterocycles. The highest BCUT2D eigenvalue weighted by Crippen LogP contribution is 2.71. The lowest BCUT2D eigenvalue weighted by Gasteiger charge is -2.66. The maximum atomic E-state index is 11.7. The van der Waals surface area contributed by atoms with Gasteiger partial charge in [0, 0.05) is 5.41 Å². The Morgan fingerprint density at radius 2 is 1.83 bits per heavy atom. The summed E-state index contributed by atoms with van der Waals surface area (Å²) in [5.41, 5.74) is -1.55. The van der Waals surface area contributed by atoms with E-state index < -0.39 is 15.3 Å². The van der Waals surface area contributed by atoms with Crippen LogP contribution in [0.25, 0.3) is 0 Å². The predicted octanol–water partition coefficient (Wildman–Crippen LogP) is 2.66. The minimum Gasteiger partial charge on any atom is -0.469 e. The van der Waals surface area contributed by atoms with Crippen LogP contribution in [0, 0.1) is 17.3 Å². The van der Waals surface area contributed by atoms with Gasteiger partial charge >= 0.3 is 5.97 Å². The van der Waals surface area contributed by atoms with Crippen molar-refractivity contribution < 1.29 is 14.6 Å². The molecule has 18 heavy (non-hydrogen) atoms. The minimum atomic E-state index is -1.23. The van der Waals surface area contributed by atoms with Crippen molar-refractivity contribution in [3.8, 4) is 0 Å². The Morgan fingerprint density at radius 3 is 2.33 bits per heavy atom. The van der Waals surface area contributed by atoms with Gasteiger partial charge in [-0.1, -0.05) is 23.2 Å². The van der Waals surface area contributed by atoms with Crippen molar-refractivity contribution in [2.24, 2.45) is 17.3 Å². The van der Waals surface area contributed by atoms with Gasteiger partial charge in [0.25, 0.3) is 0 Å². The van der Waals surface area contributed by atoms with Crippen molar-refractivity contribution in [3.05, 3.63) is 0 Å². The van der Waals surface area contributed by atoms with E-state index in [1.165, 1.54) is 7.11 Å². The molecule has 102 valence electrons. The molecule has 2 unspecified atom stereocenters. The average Bonchev–Trinajstić information content (AvgIpc) is 2.25. The number of carbonyl (C=O) groups excluding carboxylic acids is 1. The first-order valence-electron chi connectivity index (χ1n) is 6.49. The fourth-order valence-corrected chi connectivity index (χ4v) is 5.54. The van der Waals surface area contributed by atoms with Gasteiger partial charge in [0.1, 0.15) is 0 Å². The summed E-state index contributed by atoms with van der Waals surface area (Å²) in [6.45, 7) is 0. The van der Waals surface area contributed by atoms with Gasteiger partial charge in [-0.25, -0.2) is 0 Å². The monoisotopic (exact) mass is 292 g/mol. The van der Waals surface area contributed by atoms with E-state index in [1.807, 2.05) is 0 Å². The first kappa shape index (κ1) is 13.0. The zero-order valence-electron chi connectivity index (χ0n) is 10.4. The van der Waals surface area contributed by atoms with E-state index in [0.717, 1.165) is 19.3 Å². The van der Waals surface area contributed by atoms with Crippen LogP contribution in [0.3, 0.4) is 0 Å². The van der Waals surface area contributed by atoms with Crippen molar-refractivity contribution in [3.63, 3.8) is 0 Å². The minimum absolute atomic E-state index is 0.214. The van der Waals surface area contributed by atoms with Crippen LogP contribution in [0.2, 0.25) is 0 Å². The highest BCUT2D eigenvalue weighted by atomic mass is 35.5. The van der Waals surface area contributed by atoms with Crippen molar-refractivity contribution in [1.29, 1.82) is 0 Å². The van der Waals surface area contributed by atoms with Crippen molar-refractivity contribution >= 4 is 29.2 Å². The van der Waals surface area contributed by atoms with Gasteiger partial charge in [0.05, 0.1) is 19.1 Å². The Labute approximate surface area is 117 Å². The van der Waals surface area contributed by atoms with Crippen molar-refractivity contribution in [2.45, 2.75) is 48.5 Å². The van der Waals surface area contributed by atoms with Gasteiger partial charge in [-0.05, 0) is 43.9 Å². The van der Waals surface area contributed by atoms with Gasteiger partial charge in [0.2, 0.25) is 0 Å². The summed E-state index contributed by atoms with van der Waals surface area (Å²) in [5.74, 6) is 0.599. The molecule has 0 saturated heterocycles. The van der Waals surface area contributed by atoms with Gasteiger partial charge in [-0.2, -0.15) is 0 Å². The Bertz CT molecular complexity index is 380. The lowest BCUT2D eigenvalue weighted by atomic mass is 9.46. The van der Waals surface area contributed by atoms with E-state index >= 15 is 0 Å². The van der Waals surface area contributed by atoms with Gasteiger partial charge in [-0.15, -0.1) is 0 Å². The Balaban J connectivity index is 1.99. The van der Waals surface area contributed by atoms with E-state index in [4.69, 9.17) is 27.9 Å². The van der Waals surface area contributed by atoms with Crippen LogP contribution >= 0.6 is 23.2 Å². The molecule has 3 nitrogen and oxygen atoms in total. The molecule has 4 rings (SSSR count). The van der Waals surface area contributed by atoms with Gasteiger partial charge < -0.3 is 9.84 Å². The molecule has 0 aliphatic heterocycles. The van der Waals surface area contributed by atoms with Crippen LogP contribution < -0.4 is 0 Å². The van der Waals surface area contributed by atoms with Crippen LogP contribution in [-0.4, -0.2) is 28.1 Å². The molecule has 0 heterocycles. The molecule has 2 atom stereocenters. The first-order chi connectivity index (χ1) is 8.32. The Hall–Kier alpha value is 0.01000. The summed E-state index contributed by atoms with van der Waals surface area (Å²) in [6, 6.07) is 0. The van der Waals surface area contributed by atoms with Crippen LogP contribution in [0.5, 0.6) is 0 Å². The topological polar surface area (TPSA) is 46.5 Å². The fraction of sp³-hybridized carbons (Fsp3) is 0.923. The van der Waals surface area contributed by atoms with Crippen LogP contribution in [-0.2, 0) is 9.53 Å². The molecule has 4 aliphatic rings. The third-order valence-corrected chi connectivity index (χ3v) is 6.74. The number of carbonyl (C=O) groups is 1. The molecule has 4 saturated carbocycles. The molecular formula is C13H18Cl2O3. The second-order valence-corrected chi connectivity index (χ2v) is 7.75. The van der Waals surface area contributed by atoms with Crippen molar-refractivity contribution in [2.75, 3.05) is 7.11 Å². The van der Waals surface area contributed by atoms with Gasteiger partial charge in [-0.3, -0.25) is 4.79 Å². The second-order valence-electron chi connectivity index (χ2n) is 6.42.